The van der Waals surface area contributed by atoms with Gasteiger partial charge in [-0.2, -0.15) is 0 Å². The number of likely N-dealkylation sites (N-methyl/N-ethyl adjacent to an activating group) is 1. The Kier molecular flexibility index (Phi) is 3.45. The number of ether oxygens (including phenoxy) is 2. The van der Waals surface area contributed by atoms with Crippen molar-refractivity contribution < 1.29 is 9.47 Å². The highest BCUT2D eigenvalue weighted by molar-refractivity contribution is 5.85. The van der Waals surface area contributed by atoms with Crippen LogP contribution in [0, 0.1) is 0 Å². The van der Waals surface area contributed by atoms with Crippen molar-refractivity contribution in [2.45, 2.75) is 31.6 Å². The van der Waals surface area contributed by atoms with Gasteiger partial charge in [-0.3, -0.25) is 4.90 Å². The molecule has 0 saturated carbocycles. The summed E-state index contributed by atoms with van der Waals surface area (Å²) in [7, 11) is 2.22. The summed E-state index contributed by atoms with van der Waals surface area (Å²) in [5.74, 6) is 0. The first-order valence-electron chi connectivity index (χ1n) is 7.86. The monoisotopic (exact) mass is 286 g/mol. The normalized spacial score (nSPS) is 23.8. The van der Waals surface area contributed by atoms with Crippen LogP contribution in [0.25, 0.3) is 10.9 Å². The molecule has 0 bridgehead atoms. The molecule has 1 saturated heterocycles. The Balaban J connectivity index is 1.61. The topological polar surface area (TPSA) is 37.5 Å². The van der Waals surface area contributed by atoms with Gasteiger partial charge in [0.15, 0.2) is 6.29 Å². The van der Waals surface area contributed by atoms with Crippen molar-refractivity contribution in [3.63, 3.8) is 0 Å². The molecular weight excluding hydrogens is 264 g/mol. The van der Waals surface area contributed by atoms with Gasteiger partial charge in [-0.05, 0) is 31.5 Å². The fourth-order valence-corrected chi connectivity index (χ4v) is 3.67. The molecule has 112 valence electrons. The van der Waals surface area contributed by atoms with Gasteiger partial charge in [0.2, 0.25) is 0 Å². The van der Waals surface area contributed by atoms with Crippen molar-refractivity contribution in [3.8, 4) is 0 Å². The second-order valence-electron chi connectivity index (χ2n) is 6.06. The molecule has 4 nitrogen and oxygen atoms in total. The second kappa shape index (κ2) is 5.44. The summed E-state index contributed by atoms with van der Waals surface area (Å²) >= 11 is 0. The Labute approximate surface area is 125 Å². The molecule has 4 rings (SSSR count). The minimum Gasteiger partial charge on any atom is -0.357 e. The van der Waals surface area contributed by atoms with E-state index in [0.717, 1.165) is 39.0 Å². The van der Waals surface area contributed by atoms with Crippen LogP contribution in [0.5, 0.6) is 0 Å². The zero-order valence-corrected chi connectivity index (χ0v) is 12.5. The molecule has 4 heteroatoms. The number of H-pyrrole nitrogens is 1. The van der Waals surface area contributed by atoms with Crippen LogP contribution in [0.3, 0.4) is 0 Å². The van der Waals surface area contributed by atoms with Crippen LogP contribution < -0.4 is 0 Å². The third-order valence-electron chi connectivity index (χ3n) is 4.79. The largest absolute Gasteiger partial charge is 0.357 e. The van der Waals surface area contributed by atoms with Crippen molar-refractivity contribution in [2.24, 2.45) is 0 Å². The van der Waals surface area contributed by atoms with Gasteiger partial charge in [0.25, 0.3) is 0 Å². The Morgan fingerprint density at radius 1 is 1.19 bits per heavy atom. The van der Waals surface area contributed by atoms with Gasteiger partial charge in [-0.1, -0.05) is 18.2 Å². The molecule has 0 spiro atoms. The quantitative estimate of drug-likeness (QED) is 0.942. The summed E-state index contributed by atoms with van der Waals surface area (Å²) in [5, 5.41) is 1.39. The van der Waals surface area contributed by atoms with Crippen LogP contribution in [-0.4, -0.2) is 43.0 Å². The number of para-hydroxylation sites is 1. The number of rotatable bonds is 3. The van der Waals surface area contributed by atoms with E-state index in [1.807, 2.05) is 0 Å². The van der Waals surface area contributed by atoms with Gasteiger partial charge in [0.05, 0.1) is 19.3 Å². The molecule has 1 aromatic carbocycles. The van der Waals surface area contributed by atoms with E-state index in [4.69, 9.17) is 9.47 Å². The predicted molar refractivity (Wildman–Crippen MR) is 82.3 cm³/mol. The first kappa shape index (κ1) is 13.3. The summed E-state index contributed by atoms with van der Waals surface area (Å²) in [4.78, 5) is 6.10. The minimum atomic E-state index is -0.00634. The second-order valence-corrected chi connectivity index (χ2v) is 6.06. The number of hydrogen-bond acceptors (Lipinski definition) is 3. The van der Waals surface area contributed by atoms with E-state index in [-0.39, 0.29) is 6.29 Å². The number of nitrogens with zero attached hydrogens (tertiary/aromatic N) is 1. The van der Waals surface area contributed by atoms with E-state index in [1.165, 1.54) is 22.2 Å². The first-order valence-corrected chi connectivity index (χ1v) is 7.86. The number of benzene rings is 1. The van der Waals surface area contributed by atoms with Crippen LogP contribution in [0.15, 0.2) is 24.3 Å². The van der Waals surface area contributed by atoms with Gasteiger partial charge < -0.3 is 14.5 Å². The molecule has 2 aliphatic rings. The van der Waals surface area contributed by atoms with Crippen molar-refractivity contribution >= 4 is 10.9 Å². The lowest BCUT2D eigenvalue weighted by molar-refractivity contribution is -0.0517. The van der Waals surface area contributed by atoms with Gasteiger partial charge in [0.1, 0.15) is 0 Å². The van der Waals surface area contributed by atoms with Gasteiger partial charge in [-0.15, -0.1) is 0 Å². The number of aromatic amines is 1. The number of aromatic nitrogens is 1. The smallest absolute Gasteiger partial charge is 0.157 e. The molecule has 0 radical (unpaired) electrons. The van der Waals surface area contributed by atoms with Gasteiger partial charge >= 0.3 is 0 Å². The average Bonchev–Trinajstić information content (AvgIpc) is 3.13. The maximum absolute atomic E-state index is 5.58. The van der Waals surface area contributed by atoms with E-state index in [2.05, 4.69) is 41.2 Å². The van der Waals surface area contributed by atoms with E-state index in [1.54, 1.807) is 0 Å². The molecule has 0 amide bonds. The summed E-state index contributed by atoms with van der Waals surface area (Å²) in [6.07, 6.45) is 3.15. The van der Waals surface area contributed by atoms with E-state index < -0.39 is 0 Å². The van der Waals surface area contributed by atoms with Crippen LogP contribution >= 0.6 is 0 Å². The highest BCUT2D eigenvalue weighted by Crippen LogP contribution is 2.36. The summed E-state index contributed by atoms with van der Waals surface area (Å²) in [6.45, 7) is 2.59. The Morgan fingerprint density at radius 2 is 2.00 bits per heavy atom. The highest BCUT2D eigenvalue weighted by atomic mass is 16.7. The highest BCUT2D eigenvalue weighted by Gasteiger charge is 2.29. The number of hydrogen-bond donors (Lipinski definition) is 1. The Morgan fingerprint density at radius 3 is 2.86 bits per heavy atom. The standard InChI is InChI=1S/C17H22N2O2/c1-19-9-8-13-12-4-2-3-5-14(12)18-17(13)15(19)6-7-16-20-10-11-21-16/h2-5,15-16,18H,6-11H2,1H3. The third-order valence-corrected chi connectivity index (χ3v) is 4.79. The first-order chi connectivity index (χ1) is 10.3. The maximum atomic E-state index is 5.58. The van der Waals surface area contributed by atoms with Crippen molar-refractivity contribution in [3.05, 3.63) is 35.5 Å². The van der Waals surface area contributed by atoms with Gasteiger partial charge in [-0.25, -0.2) is 0 Å². The predicted octanol–water partition coefficient (Wildman–Crippen LogP) is 2.85. The summed E-state index contributed by atoms with van der Waals surface area (Å²) in [6, 6.07) is 9.08. The van der Waals surface area contributed by atoms with E-state index in [9.17, 15) is 0 Å². The summed E-state index contributed by atoms with van der Waals surface area (Å²) < 4.78 is 11.2. The molecule has 1 N–H and O–H groups in total. The molecule has 2 aliphatic heterocycles. The van der Waals surface area contributed by atoms with Crippen molar-refractivity contribution in [1.29, 1.82) is 0 Å². The molecule has 0 aliphatic carbocycles. The lowest BCUT2D eigenvalue weighted by Crippen LogP contribution is -2.32. The molecule has 1 fully saturated rings. The third kappa shape index (κ3) is 2.37. The lowest BCUT2D eigenvalue weighted by atomic mass is 9.95. The molecule has 3 heterocycles. The Bertz CT molecular complexity index is 631. The minimum absolute atomic E-state index is 0.00634. The SMILES string of the molecule is CN1CCc2c([nH]c3ccccc23)C1CCC1OCCO1. The van der Waals surface area contributed by atoms with Crippen molar-refractivity contribution in [2.75, 3.05) is 26.8 Å². The van der Waals surface area contributed by atoms with Crippen LogP contribution in [0.4, 0.5) is 0 Å². The number of nitrogens with one attached hydrogen (secondary N) is 1. The average molecular weight is 286 g/mol. The Hall–Kier alpha value is -1.36. The van der Waals surface area contributed by atoms with E-state index in [0.29, 0.717) is 6.04 Å². The fourth-order valence-electron chi connectivity index (χ4n) is 3.67. The lowest BCUT2D eigenvalue weighted by Gasteiger charge is -2.33. The number of fused-ring (bicyclic) bond motifs is 3. The molecule has 1 aromatic heterocycles. The zero-order chi connectivity index (χ0) is 14.2. The molecule has 21 heavy (non-hydrogen) atoms. The summed E-state index contributed by atoms with van der Waals surface area (Å²) in [5.41, 5.74) is 4.15. The fraction of sp³-hybridized carbons (Fsp3) is 0.529. The van der Waals surface area contributed by atoms with Crippen LogP contribution in [0.1, 0.15) is 30.1 Å². The zero-order valence-electron chi connectivity index (χ0n) is 12.5. The van der Waals surface area contributed by atoms with Crippen LogP contribution in [-0.2, 0) is 15.9 Å². The molecular formula is C17H22N2O2. The molecule has 1 unspecified atom stereocenters. The van der Waals surface area contributed by atoms with Crippen molar-refractivity contribution in [1.82, 2.24) is 9.88 Å². The molecule has 1 atom stereocenters. The van der Waals surface area contributed by atoms with E-state index >= 15 is 0 Å². The van der Waals surface area contributed by atoms with Crippen LogP contribution in [0.2, 0.25) is 0 Å². The maximum Gasteiger partial charge on any atom is 0.157 e. The molecule has 2 aromatic rings. The van der Waals surface area contributed by atoms with Gasteiger partial charge in [0, 0.05) is 29.6 Å².